The Balaban J connectivity index is 0.0000000938. The fourth-order valence-corrected chi connectivity index (χ4v) is 18.4. The lowest BCUT2D eigenvalue weighted by molar-refractivity contribution is 0.962. The highest BCUT2D eigenvalue weighted by molar-refractivity contribution is 6.17. The fraction of sp³-hybridized carbons (Fsp3) is 0. The first kappa shape index (κ1) is 69.1. The number of hydrogen-bond acceptors (Lipinski definition) is 8. The third-order valence-corrected chi connectivity index (χ3v) is 23.5. The van der Waals surface area contributed by atoms with Gasteiger partial charge in [-0.25, -0.2) is 19.9 Å². The zero-order chi connectivity index (χ0) is 79.1. The van der Waals surface area contributed by atoms with Crippen LogP contribution < -0.4 is 0 Å². The molecule has 11 aromatic carbocycles. The molecule has 0 amide bonds. The second kappa shape index (κ2) is 28.8. The molecule has 12 nitrogen and oxygen atoms in total. The van der Waals surface area contributed by atoms with Gasteiger partial charge < -0.3 is 13.7 Å². The van der Waals surface area contributed by atoms with Gasteiger partial charge in [-0.3, -0.25) is 24.5 Å². The van der Waals surface area contributed by atoms with E-state index in [9.17, 15) is 0 Å². The third-order valence-electron chi connectivity index (χ3n) is 23.5. The lowest BCUT2D eigenvalue weighted by Crippen LogP contribution is -1.98. The van der Waals surface area contributed by atoms with E-state index in [0.717, 1.165) is 95.7 Å². The molecule has 120 heavy (non-hydrogen) atoms. The van der Waals surface area contributed by atoms with Gasteiger partial charge in [-0.2, -0.15) is 0 Å². The predicted octanol–water partition coefficient (Wildman–Crippen LogP) is 26.3. The van der Waals surface area contributed by atoms with Crippen molar-refractivity contribution in [3.63, 3.8) is 0 Å². The lowest BCUT2D eigenvalue weighted by Gasteiger charge is -2.12. The molecule has 0 saturated carbocycles. The molecule has 560 valence electrons. The normalized spacial score (nSPS) is 11.7. The molecule has 0 bridgehead atoms. The number of pyridine rings is 6. The largest absolute Gasteiger partial charge is 0.316 e. The molecule has 26 rings (SSSR count). The van der Waals surface area contributed by atoms with Gasteiger partial charge in [-0.15, -0.1) is 0 Å². The molecular weight excluding hydrogens is 1470 g/mol. The third kappa shape index (κ3) is 11.4. The van der Waals surface area contributed by atoms with Gasteiger partial charge in [-0.05, 0) is 169 Å². The molecule has 11 aromatic heterocycles. The van der Waals surface area contributed by atoms with Crippen LogP contribution >= 0.6 is 0 Å². The molecule has 0 spiro atoms. The van der Waals surface area contributed by atoms with Crippen molar-refractivity contribution in [2.24, 2.45) is 0 Å². The molecule has 0 radical (unpaired) electrons. The molecule has 0 fully saturated rings. The van der Waals surface area contributed by atoms with Crippen LogP contribution in [-0.2, 0) is 0 Å². The summed E-state index contributed by atoms with van der Waals surface area (Å²) in [5, 5.41) is 4.89. The van der Waals surface area contributed by atoms with Crippen molar-refractivity contribution in [3.05, 3.63) is 414 Å². The number of benzene rings is 11. The van der Waals surface area contributed by atoms with E-state index in [4.69, 9.17) is 24.9 Å². The second-order valence-corrected chi connectivity index (χ2v) is 30.1. The Morgan fingerprint density at radius 3 is 0.917 bits per heavy atom. The Morgan fingerprint density at radius 1 is 0.175 bits per heavy atom. The Labute approximate surface area is 691 Å². The van der Waals surface area contributed by atoms with Gasteiger partial charge in [0.1, 0.15) is 11.6 Å². The summed E-state index contributed by atoms with van der Waals surface area (Å²) in [4.78, 5) is 37.7. The summed E-state index contributed by atoms with van der Waals surface area (Å²) in [6.07, 6.45) is 21.6. The minimum absolute atomic E-state index is 0.664. The first-order valence-electron chi connectivity index (χ1n) is 40.2. The summed E-state index contributed by atoms with van der Waals surface area (Å²) >= 11 is 0. The summed E-state index contributed by atoms with van der Waals surface area (Å²) in [6.45, 7) is 0. The molecule has 4 aliphatic carbocycles. The van der Waals surface area contributed by atoms with Crippen LogP contribution in [-0.4, -0.2) is 58.1 Å². The van der Waals surface area contributed by atoms with Crippen molar-refractivity contribution in [3.8, 4) is 180 Å². The molecule has 0 aliphatic heterocycles. The van der Waals surface area contributed by atoms with E-state index < -0.39 is 0 Å². The number of fused-ring (bicyclic) bond motifs is 20. The quantitative estimate of drug-likeness (QED) is 0.161. The standard InChI is InChI=1S/C31H20N2.C30H19N3.C24H15N3.C23H14N4/c1-2-9-21(10-3-1)22-11-6-12-23(19-22)33-20-28-30-26(15-7-17-29(30)33)24-13-4-5-14-25(24)27-16-8-18-32-31(27)28;1-2-9-20(10-3-1)26-15-7-17-28(32-26)33-19-25-29-23(13-6-16-27(29)33)21-11-4-5-12-22(21)24-14-8-18-31-30(24)25;1-2-8-17-16(7-1)18-9-5-11-21-23(18)20(24-19(17)10-6-14-26-24)15-27(21)22-12-3-4-13-25-22;1-2-7-16-15(6-1)17-8-3-10-20-21(17)19(22-18(16)9-4-11-24-22)14-27(20)23-25-12-5-13-26-23/h1-20H;1-19H;1-15H;1-14H. The van der Waals surface area contributed by atoms with Crippen molar-refractivity contribution in [2.45, 2.75) is 0 Å². The van der Waals surface area contributed by atoms with Gasteiger partial charge >= 0.3 is 0 Å². The Morgan fingerprint density at radius 2 is 0.483 bits per heavy atom. The summed E-state index contributed by atoms with van der Waals surface area (Å²) in [6, 6.07) is 121. The maximum Gasteiger partial charge on any atom is 0.234 e. The van der Waals surface area contributed by atoms with E-state index in [2.05, 4.69) is 337 Å². The molecule has 22 aromatic rings. The fourth-order valence-electron chi connectivity index (χ4n) is 18.4. The van der Waals surface area contributed by atoms with Crippen LogP contribution in [0.3, 0.4) is 0 Å². The minimum Gasteiger partial charge on any atom is -0.316 e. The summed E-state index contributed by atoms with van der Waals surface area (Å²) in [5.74, 6) is 2.48. The van der Waals surface area contributed by atoms with Crippen molar-refractivity contribution in [1.29, 1.82) is 0 Å². The number of hydrogen-bond donors (Lipinski definition) is 0. The van der Waals surface area contributed by atoms with Gasteiger partial charge in [0.05, 0.1) is 50.5 Å². The molecule has 0 N–H and O–H groups in total. The summed E-state index contributed by atoms with van der Waals surface area (Å²) in [7, 11) is 0. The van der Waals surface area contributed by atoms with E-state index in [1.165, 1.54) is 122 Å². The van der Waals surface area contributed by atoms with Gasteiger partial charge in [0, 0.05) is 145 Å². The van der Waals surface area contributed by atoms with Crippen LogP contribution in [0.5, 0.6) is 0 Å². The van der Waals surface area contributed by atoms with E-state index >= 15 is 0 Å². The van der Waals surface area contributed by atoms with Crippen LogP contribution in [0.25, 0.3) is 223 Å². The van der Waals surface area contributed by atoms with Crippen molar-refractivity contribution in [1.82, 2.24) is 58.1 Å². The maximum atomic E-state index is 5.03. The first-order valence-corrected chi connectivity index (χ1v) is 40.2. The van der Waals surface area contributed by atoms with Crippen LogP contribution in [0.4, 0.5) is 0 Å². The average molecular weight is 1530 g/mol. The van der Waals surface area contributed by atoms with Crippen LogP contribution in [0.2, 0.25) is 0 Å². The number of rotatable bonds is 6. The molecule has 0 atom stereocenters. The van der Waals surface area contributed by atoms with Crippen LogP contribution in [0.15, 0.2) is 414 Å². The Kier molecular flexibility index (Phi) is 16.6. The Bertz CT molecular complexity index is 7330. The topological polar surface area (TPSA) is 123 Å². The number of nitrogens with zero attached hydrogens (tertiary/aromatic N) is 12. The monoisotopic (exact) mass is 1530 g/mol. The SMILES string of the molecule is c1ccc(-c2cccc(-n3cc4c5c(cccc53)-c3ccccc3-c3cccnc3-4)c2)cc1.c1ccc(-c2cccc(-n3cc4c5c(cccc53)-c3ccccc3-c3cccnc3-4)n2)cc1.c1ccc(-n2cc3c4c(cccc42)-c2ccccc2-c2cccnc2-3)nc1.c1cnc(-n2cc3c4c(cccc42)-c2ccccc2-c2cccnc2-3)nc1. The molecule has 4 aliphatic rings. The van der Waals surface area contributed by atoms with E-state index in [-0.39, 0.29) is 0 Å². The Hall–Kier alpha value is -16.4. The van der Waals surface area contributed by atoms with E-state index in [1.54, 1.807) is 12.4 Å². The smallest absolute Gasteiger partial charge is 0.234 e. The highest BCUT2D eigenvalue weighted by Gasteiger charge is 2.31. The highest BCUT2D eigenvalue weighted by atomic mass is 15.1. The van der Waals surface area contributed by atoms with Gasteiger partial charge in [0.25, 0.3) is 0 Å². The molecule has 11 heterocycles. The zero-order valence-electron chi connectivity index (χ0n) is 64.6. The van der Waals surface area contributed by atoms with E-state index in [1.807, 2.05) is 97.7 Å². The molecule has 0 unspecified atom stereocenters. The first-order chi connectivity index (χ1) is 59.6. The minimum atomic E-state index is 0.664. The number of aromatic nitrogens is 12. The second-order valence-electron chi connectivity index (χ2n) is 30.1. The lowest BCUT2D eigenvalue weighted by atomic mass is 9.95. The zero-order valence-corrected chi connectivity index (χ0v) is 64.6. The van der Waals surface area contributed by atoms with Gasteiger partial charge in [-0.1, -0.05) is 255 Å². The van der Waals surface area contributed by atoms with Crippen molar-refractivity contribution in [2.75, 3.05) is 0 Å². The summed E-state index contributed by atoms with van der Waals surface area (Å²) < 4.78 is 8.74. The maximum absolute atomic E-state index is 5.03. The molecular formula is C108H68N12. The van der Waals surface area contributed by atoms with Crippen molar-refractivity contribution < 1.29 is 0 Å². The van der Waals surface area contributed by atoms with Crippen LogP contribution in [0.1, 0.15) is 0 Å². The van der Waals surface area contributed by atoms with Crippen molar-refractivity contribution >= 4 is 43.6 Å². The summed E-state index contributed by atoms with van der Waals surface area (Å²) in [5.41, 5.74) is 38.3. The van der Waals surface area contributed by atoms with Crippen LogP contribution in [0, 0.1) is 0 Å². The van der Waals surface area contributed by atoms with E-state index in [0.29, 0.717) is 5.95 Å². The van der Waals surface area contributed by atoms with Gasteiger partial charge in [0.2, 0.25) is 5.95 Å². The average Bonchev–Trinajstić information content (AvgIpc) is 1.59. The molecule has 12 heteroatoms. The molecule has 0 saturated heterocycles. The predicted molar refractivity (Wildman–Crippen MR) is 486 cm³/mol. The van der Waals surface area contributed by atoms with Gasteiger partial charge in [0.15, 0.2) is 0 Å². The highest BCUT2D eigenvalue weighted by Crippen LogP contribution is 2.53.